The van der Waals surface area contributed by atoms with Gasteiger partial charge in [-0.2, -0.15) is 0 Å². The SMILES string of the molecule is CCOCCCOc1ccc2c(c1)CC[C@H]2O. The van der Waals surface area contributed by atoms with E-state index in [0.717, 1.165) is 43.8 Å². The maximum Gasteiger partial charge on any atom is 0.119 e. The Bertz CT molecular complexity index is 362. The molecule has 0 aromatic heterocycles. The number of aliphatic hydroxyl groups excluding tert-OH is 1. The van der Waals surface area contributed by atoms with Crippen molar-refractivity contribution in [1.82, 2.24) is 0 Å². The van der Waals surface area contributed by atoms with Gasteiger partial charge in [0.2, 0.25) is 0 Å². The third kappa shape index (κ3) is 3.20. The predicted molar refractivity (Wildman–Crippen MR) is 66.3 cm³/mol. The zero-order valence-corrected chi connectivity index (χ0v) is 10.3. The topological polar surface area (TPSA) is 38.7 Å². The molecule has 0 spiro atoms. The second-order valence-electron chi connectivity index (χ2n) is 4.31. The fraction of sp³-hybridized carbons (Fsp3) is 0.571. The standard InChI is InChI=1S/C14H20O3/c1-2-16-8-3-9-17-12-5-6-13-11(10-12)4-7-14(13)15/h5-6,10,14-15H,2-4,7-9H2,1H3/t14-/m1/s1. The lowest BCUT2D eigenvalue weighted by atomic mass is 10.1. The van der Waals surface area contributed by atoms with Crippen molar-refractivity contribution < 1.29 is 14.6 Å². The quantitative estimate of drug-likeness (QED) is 0.771. The third-order valence-corrected chi connectivity index (χ3v) is 3.07. The number of hydrogen-bond donors (Lipinski definition) is 1. The van der Waals surface area contributed by atoms with Crippen LogP contribution >= 0.6 is 0 Å². The molecule has 1 aromatic carbocycles. The molecular formula is C14H20O3. The summed E-state index contributed by atoms with van der Waals surface area (Å²) in [5.74, 6) is 0.898. The van der Waals surface area contributed by atoms with Crippen molar-refractivity contribution in [3.05, 3.63) is 29.3 Å². The minimum Gasteiger partial charge on any atom is -0.493 e. The molecule has 0 bridgehead atoms. The van der Waals surface area contributed by atoms with E-state index in [1.807, 2.05) is 25.1 Å². The summed E-state index contributed by atoms with van der Waals surface area (Å²) in [5, 5.41) is 9.69. The lowest BCUT2D eigenvalue weighted by Gasteiger charge is -2.09. The maximum absolute atomic E-state index is 9.69. The van der Waals surface area contributed by atoms with E-state index in [2.05, 4.69) is 0 Å². The van der Waals surface area contributed by atoms with E-state index in [-0.39, 0.29) is 6.10 Å². The van der Waals surface area contributed by atoms with Crippen LogP contribution in [0.25, 0.3) is 0 Å². The summed E-state index contributed by atoms with van der Waals surface area (Å²) < 4.78 is 10.9. The second kappa shape index (κ2) is 6.03. The summed E-state index contributed by atoms with van der Waals surface area (Å²) in [6.45, 7) is 4.19. The van der Waals surface area contributed by atoms with Gasteiger partial charge in [0.1, 0.15) is 5.75 Å². The maximum atomic E-state index is 9.69. The highest BCUT2D eigenvalue weighted by atomic mass is 16.5. The second-order valence-corrected chi connectivity index (χ2v) is 4.31. The smallest absolute Gasteiger partial charge is 0.119 e. The van der Waals surface area contributed by atoms with Crippen molar-refractivity contribution in [2.75, 3.05) is 19.8 Å². The molecule has 3 nitrogen and oxygen atoms in total. The van der Waals surface area contributed by atoms with Crippen LogP contribution in [0.15, 0.2) is 18.2 Å². The monoisotopic (exact) mass is 236 g/mol. The number of ether oxygens (including phenoxy) is 2. The lowest BCUT2D eigenvalue weighted by molar-refractivity contribution is 0.131. The summed E-state index contributed by atoms with van der Waals surface area (Å²) in [6, 6.07) is 5.96. The van der Waals surface area contributed by atoms with E-state index in [0.29, 0.717) is 6.61 Å². The van der Waals surface area contributed by atoms with Gasteiger partial charge in [-0.25, -0.2) is 0 Å². The summed E-state index contributed by atoms with van der Waals surface area (Å²) in [5.41, 5.74) is 2.28. The number of benzene rings is 1. The Morgan fingerprint density at radius 1 is 1.35 bits per heavy atom. The van der Waals surface area contributed by atoms with Crippen LogP contribution in [0.3, 0.4) is 0 Å². The average Bonchev–Trinajstić information content (AvgIpc) is 2.71. The Balaban J connectivity index is 1.82. The summed E-state index contributed by atoms with van der Waals surface area (Å²) >= 11 is 0. The molecule has 0 aliphatic heterocycles. The van der Waals surface area contributed by atoms with E-state index in [9.17, 15) is 5.11 Å². The minimum atomic E-state index is -0.281. The van der Waals surface area contributed by atoms with E-state index in [1.165, 1.54) is 5.56 Å². The van der Waals surface area contributed by atoms with Crippen molar-refractivity contribution in [3.63, 3.8) is 0 Å². The van der Waals surface area contributed by atoms with Crippen molar-refractivity contribution in [2.45, 2.75) is 32.3 Å². The molecule has 0 radical (unpaired) electrons. The van der Waals surface area contributed by atoms with Gasteiger partial charge in [-0.1, -0.05) is 6.07 Å². The van der Waals surface area contributed by atoms with Crippen molar-refractivity contribution in [2.24, 2.45) is 0 Å². The molecule has 0 heterocycles. The van der Waals surface area contributed by atoms with Crippen LogP contribution in [0.2, 0.25) is 0 Å². The van der Waals surface area contributed by atoms with E-state index < -0.39 is 0 Å². The van der Waals surface area contributed by atoms with Crippen LogP contribution in [0.1, 0.15) is 37.0 Å². The first-order valence-electron chi connectivity index (χ1n) is 6.32. The molecule has 0 fully saturated rings. The zero-order valence-electron chi connectivity index (χ0n) is 10.3. The first-order chi connectivity index (χ1) is 8.31. The highest BCUT2D eigenvalue weighted by molar-refractivity contribution is 5.39. The zero-order chi connectivity index (χ0) is 12.1. The molecule has 0 unspecified atom stereocenters. The predicted octanol–water partition coefficient (Wildman–Crippen LogP) is 2.47. The van der Waals surface area contributed by atoms with Crippen LogP contribution in [0, 0.1) is 0 Å². The fourth-order valence-electron chi connectivity index (χ4n) is 2.16. The fourth-order valence-corrected chi connectivity index (χ4v) is 2.16. The van der Waals surface area contributed by atoms with E-state index >= 15 is 0 Å². The van der Waals surface area contributed by atoms with Crippen molar-refractivity contribution >= 4 is 0 Å². The van der Waals surface area contributed by atoms with Crippen LogP contribution in [0.5, 0.6) is 5.75 Å². The molecule has 1 N–H and O–H groups in total. The van der Waals surface area contributed by atoms with E-state index in [4.69, 9.17) is 9.47 Å². The van der Waals surface area contributed by atoms with Gasteiger partial charge in [-0.3, -0.25) is 0 Å². The number of fused-ring (bicyclic) bond motifs is 1. The molecule has 0 saturated heterocycles. The highest BCUT2D eigenvalue weighted by Gasteiger charge is 2.20. The van der Waals surface area contributed by atoms with Gasteiger partial charge in [0, 0.05) is 19.6 Å². The Labute approximate surface area is 102 Å². The number of aryl methyl sites for hydroxylation is 1. The average molecular weight is 236 g/mol. The summed E-state index contributed by atoms with van der Waals surface area (Å²) in [6.07, 6.45) is 2.42. The molecule has 1 aromatic rings. The van der Waals surface area contributed by atoms with Crippen LogP contribution in [0.4, 0.5) is 0 Å². The van der Waals surface area contributed by atoms with Gasteiger partial charge < -0.3 is 14.6 Å². The van der Waals surface area contributed by atoms with Crippen LogP contribution in [-0.2, 0) is 11.2 Å². The van der Waals surface area contributed by atoms with Gasteiger partial charge in [0.05, 0.1) is 12.7 Å². The lowest BCUT2D eigenvalue weighted by Crippen LogP contribution is -2.03. The highest BCUT2D eigenvalue weighted by Crippen LogP contribution is 2.33. The van der Waals surface area contributed by atoms with Crippen molar-refractivity contribution in [1.29, 1.82) is 0 Å². The van der Waals surface area contributed by atoms with Crippen LogP contribution < -0.4 is 4.74 Å². The first kappa shape index (κ1) is 12.4. The summed E-state index contributed by atoms with van der Waals surface area (Å²) in [4.78, 5) is 0. The van der Waals surface area contributed by atoms with Crippen molar-refractivity contribution in [3.8, 4) is 5.75 Å². The molecule has 3 heteroatoms. The van der Waals surface area contributed by atoms with Gasteiger partial charge in [0.15, 0.2) is 0 Å². The number of rotatable bonds is 6. The molecule has 1 atom stereocenters. The Kier molecular flexibility index (Phi) is 4.40. The van der Waals surface area contributed by atoms with Gasteiger partial charge in [0.25, 0.3) is 0 Å². The van der Waals surface area contributed by atoms with Gasteiger partial charge >= 0.3 is 0 Å². The largest absolute Gasteiger partial charge is 0.493 e. The van der Waals surface area contributed by atoms with Crippen LogP contribution in [-0.4, -0.2) is 24.9 Å². The molecule has 1 aliphatic rings. The Morgan fingerprint density at radius 3 is 3.06 bits per heavy atom. The molecule has 1 aliphatic carbocycles. The number of hydrogen-bond acceptors (Lipinski definition) is 3. The van der Waals surface area contributed by atoms with E-state index in [1.54, 1.807) is 0 Å². The first-order valence-corrected chi connectivity index (χ1v) is 6.32. The minimum absolute atomic E-state index is 0.281. The molecule has 94 valence electrons. The summed E-state index contributed by atoms with van der Waals surface area (Å²) in [7, 11) is 0. The normalized spacial score (nSPS) is 18.1. The molecule has 0 amide bonds. The molecular weight excluding hydrogens is 216 g/mol. The third-order valence-electron chi connectivity index (χ3n) is 3.07. The Hall–Kier alpha value is -1.06. The number of aliphatic hydroxyl groups is 1. The Morgan fingerprint density at radius 2 is 2.24 bits per heavy atom. The van der Waals surface area contributed by atoms with Gasteiger partial charge in [-0.05, 0) is 43.0 Å². The molecule has 0 saturated carbocycles. The van der Waals surface area contributed by atoms with Gasteiger partial charge in [-0.15, -0.1) is 0 Å². The molecule has 2 rings (SSSR count). The molecule has 17 heavy (non-hydrogen) atoms.